The third-order valence-corrected chi connectivity index (χ3v) is 6.74. The largest absolute Gasteiger partial charge is 0.491 e. The molecule has 2 N–H and O–H groups in total. The van der Waals surface area contributed by atoms with Gasteiger partial charge in [0.1, 0.15) is 23.8 Å². The van der Waals surface area contributed by atoms with Crippen molar-refractivity contribution in [2.24, 2.45) is 0 Å². The summed E-state index contributed by atoms with van der Waals surface area (Å²) in [4.78, 5) is 36.2. The number of rotatable bonds is 8. The van der Waals surface area contributed by atoms with Crippen LogP contribution in [-0.2, 0) is 16.7 Å². The molecule has 3 heterocycles. The van der Waals surface area contributed by atoms with Crippen LogP contribution in [0.1, 0.15) is 75.9 Å². The van der Waals surface area contributed by atoms with Crippen molar-refractivity contribution in [2.75, 3.05) is 23.8 Å². The van der Waals surface area contributed by atoms with Crippen molar-refractivity contribution < 1.29 is 19.1 Å². The lowest BCUT2D eigenvalue weighted by molar-refractivity contribution is 0.0186. The summed E-state index contributed by atoms with van der Waals surface area (Å²) < 4.78 is 11.9. The van der Waals surface area contributed by atoms with Crippen LogP contribution in [0.25, 0.3) is 0 Å². The number of ether oxygens (including phenoxy) is 2. The van der Waals surface area contributed by atoms with Gasteiger partial charge < -0.3 is 25.0 Å². The summed E-state index contributed by atoms with van der Waals surface area (Å²) in [6.45, 7) is 13.5. The van der Waals surface area contributed by atoms with E-state index < -0.39 is 5.60 Å². The van der Waals surface area contributed by atoms with Crippen LogP contribution in [0.5, 0.6) is 5.75 Å². The first-order valence-corrected chi connectivity index (χ1v) is 14.1. The Morgan fingerprint density at radius 3 is 2.49 bits per heavy atom. The molecule has 2 amide bonds. The van der Waals surface area contributed by atoms with E-state index in [9.17, 15) is 9.59 Å². The normalized spacial score (nSPS) is 15.4. The van der Waals surface area contributed by atoms with E-state index in [1.165, 1.54) is 0 Å². The maximum absolute atomic E-state index is 13.3. The van der Waals surface area contributed by atoms with Crippen molar-refractivity contribution >= 4 is 23.5 Å². The second-order valence-electron chi connectivity index (χ2n) is 12.3. The van der Waals surface area contributed by atoms with Crippen LogP contribution in [0.2, 0.25) is 0 Å². The molecule has 2 aromatic heterocycles. The summed E-state index contributed by atoms with van der Waals surface area (Å²) in [6.07, 6.45) is 6.59. The number of pyridine rings is 2. The minimum absolute atomic E-state index is 0.0549. The summed E-state index contributed by atoms with van der Waals surface area (Å²) in [7, 11) is 0. The first-order chi connectivity index (χ1) is 19.4. The number of amides is 2. The zero-order chi connectivity index (χ0) is 29.6. The minimum atomic E-state index is -0.545. The van der Waals surface area contributed by atoms with E-state index in [0.29, 0.717) is 36.8 Å². The Balaban J connectivity index is 1.45. The Labute approximate surface area is 242 Å². The SMILES string of the molecule is CC(C)(C)OC(=O)N1CCCC1COc1ccc(NC(=O)c2cccnc2NCc2ccncc2)cc1C(C)(C)C. The fourth-order valence-corrected chi connectivity index (χ4v) is 4.69. The molecule has 218 valence electrons. The van der Waals surface area contributed by atoms with Gasteiger partial charge in [-0.25, -0.2) is 9.78 Å². The third-order valence-electron chi connectivity index (χ3n) is 6.74. The lowest BCUT2D eigenvalue weighted by Crippen LogP contribution is -2.42. The van der Waals surface area contributed by atoms with E-state index in [1.807, 2.05) is 51.1 Å². The number of hydrogen-bond donors (Lipinski definition) is 2. The fraction of sp³-hybridized carbons (Fsp3) is 0.438. The molecule has 1 aromatic carbocycles. The number of carbonyl (C=O) groups is 2. The highest BCUT2D eigenvalue weighted by Gasteiger charge is 2.33. The Hall–Kier alpha value is -4.14. The molecule has 0 bridgehead atoms. The molecule has 1 aliphatic heterocycles. The molecule has 1 fully saturated rings. The van der Waals surface area contributed by atoms with E-state index in [0.717, 1.165) is 29.7 Å². The van der Waals surface area contributed by atoms with Crippen molar-refractivity contribution in [1.82, 2.24) is 14.9 Å². The van der Waals surface area contributed by atoms with Gasteiger partial charge in [-0.2, -0.15) is 0 Å². The Bertz CT molecular complexity index is 1350. The highest BCUT2D eigenvalue weighted by Crippen LogP contribution is 2.35. The van der Waals surface area contributed by atoms with Gasteiger partial charge in [-0.15, -0.1) is 0 Å². The number of hydrogen-bond acceptors (Lipinski definition) is 7. The second kappa shape index (κ2) is 12.6. The molecule has 9 heteroatoms. The zero-order valence-electron chi connectivity index (χ0n) is 24.9. The van der Waals surface area contributed by atoms with Crippen LogP contribution in [-0.4, -0.2) is 51.7 Å². The van der Waals surface area contributed by atoms with Crippen molar-refractivity contribution in [2.45, 2.75) is 78.0 Å². The Morgan fingerprint density at radius 1 is 1.02 bits per heavy atom. The molecule has 1 saturated heterocycles. The van der Waals surface area contributed by atoms with E-state index in [4.69, 9.17) is 9.47 Å². The van der Waals surface area contributed by atoms with Crippen LogP contribution >= 0.6 is 0 Å². The van der Waals surface area contributed by atoms with Crippen LogP contribution in [0.15, 0.2) is 61.1 Å². The first-order valence-electron chi connectivity index (χ1n) is 14.1. The summed E-state index contributed by atoms with van der Waals surface area (Å²) in [6, 6.07) is 12.9. The standard InChI is InChI=1S/C32H41N5O4/c1-31(2,3)26-19-23(11-12-27(26)40-21-24-9-8-18-37(24)30(39)41-32(4,5)6)36-29(38)25-10-7-15-34-28(25)35-20-22-13-16-33-17-14-22/h7,10-17,19,24H,8-9,18,20-21H2,1-6H3,(H,34,35)(H,36,38). The molecular weight excluding hydrogens is 518 g/mol. The fourth-order valence-electron chi connectivity index (χ4n) is 4.69. The minimum Gasteiger partial charge on any atom is -0.491 e. The first kappa shape index (κ1) is 29.8. The summed E-state index contributed by atoms with van der Waals surface area (Å²) in [5.74, 6) is 0.972. The van der Waals surface area contributed by atoms with Crippen LogP contribution in [0.4, 0.5) is 16.3 Å². The maximum atomic E-state index is 13.3. The van der Waals surface area contributed by atoms with Gasteiger partial charge >= 0.3 is 6.09 Å². The Morgan fingerprint density at radius 2 is 1.78 bits per heavy atom. The second-order valence-corrected chi connectivity index (χ2v) is 12.3. The lowest BCUT2D eigenvalue weighted by atomic mass is 9.86. The molecule has 9 nitrogen and oxygen atoms in total. The topological polar surface area (TPSA) is 106 Å². The van der Waals surface area contributed by atoms with Gasteiger partial charge in [-0.1, -0.05) is 20.8 Å². The smallest absolute Gasteiger partial charge is 0.410 e. The molecular formula is C32H41N5O4. The van der Waals surface area contributed by atoms with Gasteiger partial charge in [0.05, 0.1) is 11.6 Å². The van der Waals surface area contributed by atoms with Gasteiger partial charge in [-0.3, -0.25) is 9.78 Å². The number of carbonyl (C=O) groups excluding carboxylic acids is 2. The van der Waals surface area contributed by atoms with Crippen molar-refractivity contribution in [3.63, 3.8) is 0 Å². The lowest BCUT2D eigenvalue weighted by Gasteiger charge is -2.29. The average Bonchev–Trinajstić information content (AvgIpc) is 3.39. The number of aromatic nitrogens is 2. The molecule has 1 aliphatic rings. The molecule has 41 heavy (non-hydrogen) atoms. The highest BCUT2D eigenvalue weighted by molar-refractivity contribution is 6.07. The molecule has 0 spiro atoms. The van der Waals surface area contributed by atoms with E-state index in [-0.39, 0.29) is 23.5 Å². The van der Waals surface area contributed by atoms with E-state index in [2.05, 4.69) is 41.4 Å². The highest BCUT2D eigenvalue weighted by atomic mass is 16.6. The zero-order valence-corrected chi connectivity index (χ0v) is 24.9. The average molecular weight is 560 g/mol. The third kappa shape index (κ3) is 8.19. The van der Waals surface area contributed by atoms with Crippen LogP contribution in [0.3, 0.4) is 0 Å². The predicted molar refractivity (Wildman–Crippen MR) is 160 cm³/mol. The van der Waals surface area contributed by atoms with E-state index in [1.54, 1.807) is 35.6 Å². The van der Waals surface area contributed by atoms with Gasteiger partial charge in [0.25, 0.3) is 5.91 Å². The van der Waals surface area contributed by atoms with Crippen molar-refractivity contribution in [1.29, 1.82) is 0 Å². The predicted octanol–water partition coefficient (Wildman–Crippen LogP) is 6.42. The van der Waals surface area contributed by atoms with Crippen molar-refractivity contribution in [3.8, 4) is 5.75 Å². The summed E-state index contributed by atoms with van der Waals surface area (Å²) in [5.41, 5.74) is 2.31. The molecule has 4 rings (SSSR count). The van der Waals surface area contributed by atoms with Gasteiger partial charge in [0, 0.05) is 42.9 Å². The van der Waals surface area contributed by atoms with Crippen LogP contribution < -0.4 is 15.4 Å². The molecule has 1 atom stereocenters. The molecule has 0 aliphatic carbocycles. The number of benzene rings is 1. The van der Waals surface area contributed by atoms with Gasteiger partial charge in [0.2, 0.25) is 0 Å². The number of likely N-dealkylation sites (tertiary alicyclic amines) is 1. The van der Waals surface area contributed by atoms with Crippen LogP contribution in [0, 0.1) is 0 Å². The molecule has 1 unspecified atom stereocenters. The van der Waals surface area contributed by atoms with Gasteiger partial charge in [0.15, 0.2) is 0 Å². The number of nitrogens with zero attached hydrogens (tertiary/aromatic N) is 3. The van der Waals surface area contributed by atoms with E-state index >= 15 is 0 Å². The molecule has 0 radical (unpaired) electrons. The monoisotopic (exact) mass is 559 g/mol. The van der Waals surface area contributed by atoms with Crippen molar-refractivity contribution in [3.05, 3.63) is 77.7 Å². The number of nitrogens with one attached hydrogen (secondary N) is 2. The molecule has 3 aromatic rings. The summed E-state index contributed by atoms with van der Waals surface area (Å²) >= 11 is 0. The Kier molecular flexibility index (Phi) is 9.15. The quantitative estimate of drug-likeness (QED) is 0.328. The molecule has 0 saturated carbocycles. The maximum Gasteiger partial charge on any atom is 0.410 e. The summed E-state index contributed by atoms with van der Waals surface area (Å²) in [5, 5.41) is 6.28. The number of anilines is 2. The van der Waals surface area contributed by atoms with Gasteiger partial charge in [-0.05, 0) is 87.1 Å².